The van der Waals surface area contributed by atoms with Crippen LogP contribution in [0.5, 0.6) is 0 Å². The minimum atomic E-state index is -0.386. The highest BCUT2D eigenvalue weighted by Gasteiger charge is 2.30. The first-order valence-electron chi connectivity index (χ1n) is 5.97. The maximum atomic E-state index is 12.1. The number of rotatable bonds is 1. The van der Waals surface area contributed by atoms with Crippen LogP contribution in [0, 0.1) is 4.77 Å². The number of carbonyl (C=O) groups is 1. The zero-order valence-electron chi connectivity index (χ0n) is 10.2. The molecule has 0 radical (unpaired) electrons. The minimum Gasteiger partial charge on any atom is -0.318 e. The van der Waals surface area contributed by atoms with E-state index in [1.807, 2.05) is 12.1 Å². The van der Waals surface area contributed by atoms with Crippen molar-refractivity contribution < 1.29 is 4.79 Å². The van der Waals surface area contributed by atoms with Gasteiger partial charge in [0.2, 0.25) is 5.91 Å². The van der Waals surface area contributed by atoms with Crippen LogP contribution in [0.3, 0.4) is 0 Å². The fourth-order valence-electron chi connectivity index (χ4n) is 2.43. The number of amides is 1. The molecule has 3 N–H and O–H groups in total. The van der Waals surface area contributed by atoms with Crippen LogP contribution in [0.1, 0.15) is 23.5 Å². The number of anilines is 1. The Kier molecular flexibility index (Phi) is 3.19. The van der Waals surface area contributed by atoms with E-state index in [4.69, 9.17) is 23.8 Å². The summed E-state index contributed by atoms with van der Waals surface area (Å²) in [6.45, 7) is 0. The van der Waals surface area contributed by atoms with Crippen LogP contribution < -0.4 is 10.9 Å². The molecule has 2 aromatic rings. The van der Waals surface area contributed by atoms with E-state index in [0.29, 0.717) is 16.4 Å². The predicted octanol–water partition coefficient (Wildman–Crippen LogP) is 2.56. The molecule has 0 spiro atoms. The average Bonchev–Trinajstić information content (AvgIpc) is 2.37. The average molecular weight is 308 g/mol. The number of halogens is 1. The standard InChI is InChI=1S/C13H10ClN3O2S/c14-8-4-2-1-3-6(8)7-5-9(18)15-11-10(7)12(19)17-13(20)16-11/h1-4,7H,5H2,(H3,15,16,17,18,19,20). The number of aromatic nitrogens is 2. The van der Waals surface area contributed by atoms with E-state index in [-0.39, 0.29) is 28.6 Å². The van der Waals surface area contributed by atoms with Crippen molar-refractivity contribution in [3.05, 3.63) is 55.5 Å². The lowest BCUT2D eigenvalue weighted by Gasteiger charge is -2.25. The Morgan fingerprint density at radius 3 is 2.70 bits per heavy atom. The molecule has 1 amide bonds. The summed E-state index contributed by atoms with van der Waals surface area (Å²) in [5.41, 5.74) is 0.890. The molecule has 1 aliphatic rings. The molecular formula is C13H10ClN3O2S. The summed E-state index contributed by atoms with van der Waals surface area (Å²) < 4.78 is 0.175. The van der Waals surface area contributed by atoms with Crippen molar-refractivity contribution in [1.82, 2.24) is 9.97 Å². The molecule has 0 saturated carbocycles. The molecule has 7 heteroatoms. The molecule has 1 atom stereocenters. The van der Waals surface area contributed by atoms with Crippen molar-refractivity contribution in [2.45, 2.75) is 12.3 Å². The van der Waals surface area contributed by atoms with Gasteiger partial charge in [-0.15, -0.1) is 0 Å². The van der Waals surface area contributed by atoms with Gasteiger partial charge in [0, 0.05) is 17.4 Å². The Balaban J connectivity index is 2.26. The van der Waals surface area contributed by atoms with E-state index >= 15 is 0 Å². The van der Waals surface area contributed by atoms with Crippen molar-refractivity contribution in [2.24, 2.45) is 0 Å². The topological polar surface area (TPSA) is 77.8 Å². The largest absolute Gasteiger partial charge is 0.318 e. The fourth-order valence-corrected chi connectivity index (χ4v) is 2.89. The highest BCUT2D eigenvalue weighted by atomic mass is 35.5. The van der Waals surface area contributed by atoms with Gasteiger partial charge < -0.3 is 10.3 Å². The second-order valence-electron chi connectivity index (χ2n) is 4.52. The second kappa shape index (κ2) is 4.88. The quantitative estimate of drug-likeness (QED) is 0.709. The van der Waals surface area contributed by atoms with Crippen molar-refractivity contribution in [3.63, 3.8) is 0 Å². The summed E-state index contributed by atoms with van der Waals surface area (Å²) >= 11 is 11.1. The number of hydrogen-bond acceptors (Lipinski definition) is 3. The van der Waals surface area contributed by atoms with Gasteiger partial charge in [-0.25, -0.2) is 0 Å². The molecule has 102 valence electrons. The zero-order chi connectivity index (χ0) is 14.3. The minimum absolute atomic E-state index is 0.171. The van der Waals surface area contributed by atoms with Crippen molar-refractivity contribution in [1.29, 1.82) is 0 Å². The molecule has 1 aromatic carbocycles. The molecule has 1 aromatic heterocycles. The van der Waals surface area contributed by atoms with Crippen molar-refractivity contribution in [3.8, 4) is 0 Å². The van der Waals surface area contributed by atoms with E-state index in [0.717, 1.165) is 5.56 Å². The van der Waals surface area contributed by atoms with Gasteiger partial charge in [0.1, 0.15) is 5.82 Å². The van der Waals surface area contributed by atoms with Crippen LogP contribution in [0.15, 0.2) is 29.1 Å². The lowest BCUT2D eigenvalue weighted by Crippen LogP contribution is -2.31. The maximum Gasteiger partial charge on any atom is 0.257 e. The highest BCUT2D eigenvalue weighted by molar-refractivity contribution is 7.71. The maximum absolute atomic E-state index is 12.1. The summed E-state index contributed by atoms with van der Waals surface area (Å²) in [6, 6.07) is 7.18. The van der Waals surface area contributed by atoms with Gasteiger partial charge in [-0.05, 0) is 23.8 Å². The van der Waals surface area contributed by atoms with Crippen LogP contribution in [-0.2, 0) is 4.79 Å². The Morgan fingerprint density at radius 1 is 1.20 bits per heavy atom. The third-order valence-electron chi connectivity index (χ3n) is 3.26. The molecule has 0 saturated heterocycles. The first kappa shape index (κ1) is 13.1. The van der Waals surface area contributed by atoms with Crippen molar-refractivity contribution in [2.75, 3.05) is 5.32 Å². The SMILES string of the molecule is O=C1CC(c2ccccc2Cl)c2c([nH]c(=S)[nH]c2=O)N1. The molecule has 2 heterocycles. The number of fused-ring (bicyclic) bond motifs is 1. The smallest absolute Gasteiger partial charge is 0.257 e. The lowest BCUT2D eigenvalue weighted by molar-refractivity contribution is -0.116. The molecule has 5 nitrogen and oxygen atoms in total. The molecule has 1 aliphatic heterocycles. The third kappa shape index (κ3) is 2.17. The molecular weight excluding hydrogens is 298 g/mol. The zero-order valence-corrected chi connectivity index (χ0v) is 11.8. The first-order valence-corrected chi connectivity index (χ1v) is 6.75. The van der Waals surface area contributed by atoms with Crippen molar-refractivity contribution >= 4 is 35.5 Å². The Hall–Kier alpha value is -1.92. The van der Waals surface area contributed by atoms with Crippen LogP contribution in [-0.4, -0.2) is 15.9 Å². The number of H-pyrrole nitrogens is 2. The predicted molar refractivity (Wildman–Crippen MR) is 78.8 cm³/mol. The van der Waals surface area contributed by atoms with E-state index in [1.54, 1.807) is 12.1 Å². The summed E-state index contributed by atoms with van der Waals surface area (Å²) in [4.78, 5) is 29.3. The Morgan fingerprint density at radius 2 is 1.95 bits per heavy atom. The van der Waals surface area contributed by atoms with E-state index < -0.39 is 0 Å². The summed E-state index contributed by atoms with van der Waals surface area (Å²) in [7, 11) is 0. The molecule has 0 fully saturated rings. The fraction of sp³-hybridized carbons (Fsp3) is 0.154. The Bertz CT molecular complexity index is 812. The lowest BCUT2D eigenvalue weighted by atomic mass is 9.87. The molecule has 20 heavy (non-hydrogen) atoms. The molecule has 3 rings (SSSR count). The van der Waals surface area contributed by atoms with E-state index in [9.17, 15) is 9.59 Å². The summed E-state index contributed by atoms with van der Waals surface area (Å²) in [5.74, 6) is -0.221. The van der Waals surface area contributed by atoms with Gasteiger partial charge >= 0.3 is 0 Å². The number of carbonyl (C=O) groups excluding carboxylic acids is 1. The molecule has 1 unspecified atom stereocenters. The highest BCUT2D eigenvalue weighted by Crippen LogP contribution is 2.36. The molecule has 0 aliphatic carbocycles. The Labute approximate surface area is 124 Å². The number of hydrogen-bond donors (Lipinski definition) is 3. The van der Waals surface area contributed by atoms with E-state index in [2.05, 4.69) is 15.3 Å². The van der Waals surface area contributed by atoms with E-state index in [1.165, 1.54) is 0 Å². The number of nitrogens with one attached hydrogen (secondary N) is 3. The van der Waals surface area contributed by atoms with Crippen LogP contribution in [0.25, 0.3) is 0 Å². The van der Waals surface area contributed by atoms with Gasteiger partial charge in [-0.2, -0.15) is 0 Å². The third-order valence-corrected chi connectivity index (χ3v) is 3.81. The monoisotopic (exact) mass is 307 g/mol. The second-order valence-corrected chi connectivity index (χ2v) is 5.34. The first-order chi connectivity index (χ1) is 9.56. The van der Waals surface area contributed by atoms with Crippen LogP contribution in [0.2, 0.25) is 5.02 Å². The molecule has 0 bridgehead atoms. The van der Waals surface area contributed by atoms with Gasteiger partial charge in [0.05, 0.1) is 5.56 Å². The number of aromatic amines is 2. The van der Waals surface area contributed by atoms with Crippen LogP contribution >= 0.6 is 23.8 Å². The van der Waals surface area contributed by atoms with Crippen LogP contribution in [0.4, 0.5) is 5.82 Å². The number of benzene rings is 1. The summed E-state index contributed by atoms with van der Waals surface area (Å²) in [6.07, 6.45) is 0.171. The van der Waals surface area contributed by atoms with Gasteiger partial charge in [-0.1, -0.05) is 29.8 Å². The van der Waals surface area contributed by atoms with Gasteiger partial charge in [0.25, 0.3) is 5.56 Å². The van der Waals surface area contributed by atoms with Gasteiger partial charge in [0.15, 0.2) is 4.77 Å². The normalized spacial score (nSPS) is 17.4. The van der Waals surface area contributed by atoms with Gasteiger partial charge in [-0.3, -0.25) is 14.6 Å². The summed E-state index contributed by atoms with van der Waals surface area (Å²) in [5, 5.41) is 3.16.